The minimum atomic E-state index is -2.60. The second-order valence-corrected chi connectivity index (χ2v) is 36.9. The van der Waals surface area contributed by atoms with Gasteiger partial charge in [0.25, 0.3) is 0 Å². The smallest absolute Gasteiger partial charge is 0.333 e. The number of aliphatic hydroxyl groups excluding tert-OH is 17. The monoisotopic (exact) mass is 2070 g/mol. The van der Waals surface area contributed by atoms with Gasteiger partial charge in [-0.1, -0.05) is 36.4 Å². The van der Waals surface area contributed by atoms with E-state index < -0.39 is 386 Å². The molecule has 52 heteroatoms. The molecule has 0 spiro atoms. The van der Waals surface area contributed by atoms with E-state index in [1.54, 1.807) is 0 Å². The van der Waals surface area contributed by atoms with E-state index in [0.717, 1.165) is 98.1 Å². The molecule has 0 unspecified atom stereocenters. The van der Waals surface area contributed by atoms with E-state index in [1.165, 1.54) is 51.1 Å². The first-order chi connectivity index (χ1) is 70.0. The van der Waals surface area contributed by atoms with Gasteiger partial charge in [-0.05, 0) is 133 Å². The van der Waals surface area contributed by atoms with Crippen LogP contribution < -0.4 is 67.1 Å². The van der Waals surface area contributed by atoms with Crippen molar-refractivity contribution < 1.29 is 217 Å². The van der Waals surface area contributed by atoms with Crippen molar-refractivity contribution in [3.05, 3.63) is 166 Å². The highest BCUT2D eigenvalue weighted by Crippen LogP contribution is 2.51. The molecule has 12 aliphatic heterocycles. The number of esters is 1. The van der Waals surface area contributed by atoms with Crippen molar-refractivity contribution in [1.29, 1.82) is 0 Å². The molecule has 31 N–H and O–H groups in total. The van der Waals surface area contributed by atoms with Gasteiger partial charge < -0.3 is 226 Å². The van der Waals surface area contributed by atoms with Crippen LogP contribution in [0.1, 0.15) is 107 Å². The van der Waals surface area contributed by atoms with Crippen LogP contribution in [0.25, 0.3) is 11.1 Å². The number of carbonyl (C=O) groups excluding carboxylic acids is 7. The molecule has 794 valence electrons. The second kappa shape index (κ2) is 43.6. The SMILES string of the molecule is COC(=O)[C@H]1NC(=O)[C@H]2NC(=O)[C@H](NC(=O)[C@H]3NC(=O)[C@@H]4NC(=O)[C@H](NC(=O)[C@@H](N)c5ccc(O)c(c5)Oc5cc4cc(O)c5C)[C@@H](O)c4ccc(cc4)Oc4cc3cc(c4O[C@H]3O[C@H](CO[C@@H]4O[C@H](C)[C@H](O)[C@H](O)[C@@H]4O)[C@H](O)[C@H](O)[C@@H]3O[C@H]3O[C@@H](CO)[C@@H](O)[C@@H](O)[C@@H]3O[C@H]3CO[C@@H](O)[C@@H](O)[C@@H]3O)Oc3ccc(cc3)[C@H]2O[C@@H]2C[C@@H](N)[C@@H](O)[C@@H](C)O2)c2ccc(O)c(c2)-c2c(O[C@H]3O[C@H](CO)[C@@H](O)[C@H](O)[C@H]3O)cc(O)cc21. The molecule has 17 bridgehead atoms. The summed E-state index contributed by atoms with van der Waals surface area (Å²) >= 11 is 0. The maximum atomic E-state index is 17.3. The third-order valence-corrected chi connectivity index (χ3v) is 27.2. The highest BCUT2D eigenvalue weighted by Gasteiger charge is 2.57. The Labute approximate surface area is 831 Å². The van der Waals surface area contributed by atoms with Crippen molar-refractivity contribution in [3.63, 3.8) is 0 Å². The number of rotatable bonds is 16. The molecule has 6 fully saturated rings. The van der Waals surface area contributed by atoms with Crippen LogP contribution in [0.3, 0.4) is 0 Å². The molecule has 7 aromatic rings. The lowest BCUT2D eigenvalue weighted by Crippen LogP contribution is -2.67. The number of methoxy groups -OCH3 is 1. The fraction of sp³-hybridized carbons (Fsp3) is 0.484. The molecule has 6 saturated heterocycles. The largest absolute Gasteiger partial charge is 0.508 e. The molecule has 19 rings (SSSR count). The molecule has 0 radical (unpaired) electrons. The fourth-order valence-electron chi connectivity index (χ4n) is 18.7. The number of nitrogens with one attached hydrogen (secondary N) is 6. The molecular weight excluding hydrogens is 1960 g/mol. The highest BCUT2D eigenvalue weighted by molar-refractivity contribution is 6.00. The number of phenolic OH excluding ortho intramolecular Hbond substituents is 4. The van der Waals surface area contributed by atoms with Crippen LogP contribution >= 0.6 is 0 Å². The van der Waals surface area contributed by atoms with E-state index >= 15 is 24.0 Å². The summed E-state index contributed by atoms with van der Waals surface area (Å²) in [4.78, 5) is 113. The van der Waals surface area contributed by atoms with Gasteiger partial charge in [0.05, 0.1) is 51.8 Å². The van der Waals surface area contributed by atoms with Gasteiger partial charge in [-0.25, -0.2) is 4.79 Å². The molecule has 52 nitrogen and oxygen atoms in total. The zero-order valence-corrected chi connectivity index (χ0v) is 77.9. The number of fused-ring (bicyclic) bond motifs is 14. The van der Waals surface area contributed by atoms with Gasteiger partial charge in [0.1, 0.15) is 192 Å². The average Bonchev–Trinajstić information content (AvgIpc) is 0.742. The predicted molar refractivity (Wildman–Crippen MR) is 483 cm³/mol. The van der Waals surface area contributed by atoms with Crippen molar-refractivity contribution >= 4 is 41.4 Å². The summed E-state index contributed by atoms with van der Waals surface area (Å²) in [5.74, 6) is -17.7. The Balaban J connectivity index is 0.908. The summed E-state index contributed by atoms with van der Waals surface area (Å²) in [6, 6.07) is 4.24. The number of aromatic hydroxyl groups is 4. The van der Waals surface area contributed by atoms with Crippen molar-refractivity contribution in [2.75, 3.05) is 33.5 Å². The maximum absolute atomic E-state index is 17.3. The highest BCUT2D eigenvalue weighted by atomic mass is 16.8. The van der Waals surface area contributed by atoms with Gasteiger partial charge in [0, 0.05) is 40.8 Å². The Bertz CT molecular complexity index is 6010. The normalized spacial score (nSPS) is 36.2. The molecule has 7 aromatic carbocycles. The molecule has 0 aromatic heterocycles. The Morgan fingerprint density at radius 1 is 0.435 bits per heavy atom. The van der Waals surface area contributed by atoms with Crippen LogP contribution in [0.15, 0.2) is 121 Å². The van der Waals surface area contributed by atoms with Crippen LogP contribution in [-0.2, 0) is 85.7 Å². The van der Waals surface area contributed by atoms with Crippen molar-refractivity contribution in [2.24, 2.45) is 11.5 Å². The summed E-state index contributed by atoms with van der Waals surface area (Å²) in [5, 5.41) is 257. The zero-order valence-electron chi connectivity index (χ0n) is 77.9. The summed E-state index contributed by atoms with van der Waals surface area (Å²) in [7, 11) is 0.873. The summed E-state index contributed by atoms with van der Waals surface area (Å²) < 4.78 is 99.6. The third kappa shape index (κ3) is 21.4. The van der Waals surface area contributed by atoms with E-state index in [-0.39, 0.29) is 39.5 Å². The number of aliphatic hydroxyl groups is 17. The lowest BCUT2D eigenvalue weighted by atomic mass is 9.89. The molecule has 12 heterocycles. The van der Waals surface area contributed by atoms with Crippen LogP contribution in [0.4, 0.5) is 0 Å². The number of nitrogens with two attached hydrogens (primary N) is 2. The van der Waals surface area contributed by atoms with Gasteiger partial charge in [-0.15, -0.1) is 0 Å². The summed E-state index contributed by atoms with van der Waals surface area (Å²) in [6.07, 6.45) is -58.4. The number of carbonyl (C=O) groups is 7. The fourth-order valence-corrected chi connectivity index (χ4v) is 18.7. The standard InChI is InChI=1S/C95H110N8O44/c1-30-47(109)18-37-20-48(30)139-49-19-35(9-16-46(49)108)59(97)84(124)102-64-68(112)33-5-11-40(12-6-33)137-51-21-38-22-52(81(51)146-95-83(76(120)71(115)56(144-95)29-134-92-78(122)73(117)67(111)32(3)136-92)147-94-82(75(119)70(114)54(27-105)143-94)140-55-28-133-91(131)77(121)72(55)116)138-41-13-7-34(8-14-41)80(145-57-25-44(96)66(110)31(2)135-57)65-89(129)101-63(90(130)132-4)43-23-39(106)24-50(141-93-79(123)74(118)69(113)53(26-104)142-93)58(43)42-17-36(10-15-45(42)107)60(85(125)103-65)98-87(127)62(38)99-86(126)61(37)100-88(64)128/h5-24,31-32,44,53-57,59-80,82-83,91-95,104-123,131H,25-29,96-97H2,1-4H3,(H,98,127)(H,99,126)(H,100,128)(H,101,129)(H,102,124)(H,103,125)/t31-,32-,44-,53-,54+,55+,56-,57-,59+,60-,61-,62+,63+,64-,65+,66+,67+,68+,69-,70-,71+,72-,73+,74+,75-,76+,77+,78+,79-,80-,82+,83+,91-,92-,93+,94-,95-/m1/s1. The molecule has 147 heavy (non-hydrogen) atoms. The minimum Gasteiger partial charge on any atom is -0.508 e. The van der Waals surface area contributed by atoms with Gasteiger partial charge in [0.2, 0.25) is 53.8 Å². The summed E-state index contributed by atoms with van der Waals surface area (Å²) in [6.45, 7) is 0.121. The first-order valence-corrected chi connectivity index (χ1v) is 46.4. The molecule has 6 amide bonds. The molecule has 0 saturated carbocycles. The first kappa shape index (κ1) is 106. The molecule has 12 aliphatic rings. The van der Waals surface area contributed by atoms with Gasteiger partial charge in [-0.2, -0.15) is 0 Å². The van der Waals surface area contributed by atoms with Crippen LogP contribution in [0.5, 0.6) is 69.0 Å². The van der Waals surface area contributed by atoms with Crippen molar-refractivity contribution in [1.82, 2.24) is 31.9 Å². The Morgan fingerprint density at radius 2 is 0.966 bits per heavy atom. The first-order valence-electron chi connectivity index (χ1n) is 46.4. The van der Waals surface area contributed by atoms with Crippen molar-refractivity contribution in [2.45, 2.75) is 254 Å². The maximum Gasteiger partial charge on any atom is 0.333 e. The van der Waals surface area contributed by atoms with E-state index in [9.17, 15) is 117 Å². The van der Waals surface area contributed by atoms with Crippen LogP contribution in [0.2, 0.25) is 0 Å². The number of hydrogen-bond acceptors (Lipinski definition) is 46. The quantitative estimate of drug-likeness (QED) is 0.0400. The zero-order chi connectivity index (χ0) is 105. The van der Waals surface area contributed by atoms with Crippen molar-refractivity contribution in [3.8, 4) is 80.1 Å². The van der Waals surface area contributed by atoms with E-state index in [2.05, 4.69) is 31.9 Å². The Kier molecular flexibility index (Phi) is 31.5. The summed E-state index contributed by atoms with van der Waals surface area (Å²) in [5.41, 5.74) is 9.23. The molecular formula is C95H110N8O44. The topological polar surface area (TPSA) is 816 Å². The average molecular weight is 2070 g/mol. The number of amides is 6. The van der Waals surface area contributed by atoms with E-state index in [1.807, 2.05) is 0 Å². The van der Waals surface area contributed by atoms with E-state index in [4.69, 9.17) is 87.3 Å². The Morgan fingerprint density at radius 3 is 1.61 bits per heavy atom. The van der Waals surface area contributed by atoms with Gasteiger partial charge >= 0.3 is 5.97 Å². The molecule has 0 aliphatic carbocycles. The lowest BCUT2D eigenvalue weighted by Gasteiger charge is -2.48. The lowest BCUT2D eigenvalue weighted by molar-refractivity contribution is -0.375. The predicted octanol–water partition coefficient (Wildman–Crippen LogP) is -6.50. The van der Waals surface area contributed by atoms with E-state index in [0.29, 0.717) is 0 Å². The number of phenols is 4. The Hall–Kier alpha value is -12.1. The van der Waals surface area contributed by atoms with Crippen LogP contribution in [0, 0.1) is 6.92 Å². The van der Waals surface area contributed by atoms with Gasteiger partial charge in [0.15, 0.2) is 60.3 Å². The second-order valence-electron chi connectivity index (χ2n) is 36.9. The van der Waals surface area contributed by atoms with Gasteiger partial charge in [-0.3, -0.25) is 28.8 Å². The number of ether oxygens (including phenoxy) is 16. The van der Waals surface area contributed by atoms with Crippen LogP contribution in [-0.4, -0.2) is 366 Å². The third-order valence-electron chi connectivity index (χ3n) is 27.2. The number of hydrogen-bond donors (Lipinski definition) is 29. The number of benzene rings is 7. The molecule has 37 atom stereocenters. The minimum absolute atomic E-state index is 0.0669.